The molecule has 0 aromatic heterocycles. The topological polar surface area (TPSA) is 9.23 Å². The van der Waals surface area contributed by atoms with Crippen LogP contribution in [0.15, 0.2) is 60.7 Å². The van der Waals surface area contributed by atoms with Gasteiger partial charge in [0.2, 0.25) is 0 Å². The summed E-state index contributed by atoms with van der Waals surface area (Å²) in [6.45, 7) is 5.20. The molecule has 93 valence electrons. The molecule has 0 aliphatic carbocycles. The van der Waals surface area contributed by atoms with Gasteiger partial charge in [-0.2, -0.15) is 0 Å². The molecule has 0 unspecified atom stereocenters. The molecule has 0 spiro atoms. The van der Waals surface area contributed by atoms with E-state index in [2.05, 4.69) is 74.5 Å². The molecule has 0 bridgehead atoms. The fourth-order valence-corrected chi connectivity index (χ4v) is 3.92. The summed E-state index contributed by atoms with van der Waals surface area (Å²) < 4.78 is 6.18. The van der Waals surface area contributed by atoms with Gasteiger partial charge in [0.15, 0.2) is 0 Å². The van der Waals surface area contributed by atoms with Gasteiger partial charge in [0.1, 0.15) is 0 Å². The van der Waals surface area contributed by atoms with Crippen LogP contribution in [-0.2, 0) is 4.43 Å². The lowest BCUT2D eigenvalue weighted by atomic mass is 10.2. The van der Waals surface area contributed by atoms with E-state index in [0.717, 1.165) is 6.61 Å². The quantitative estimate of drug-likeness (QED) is 0.746. The van der Waals surface area contributed by atoms with Gasteiger partial charge in [-0.05, 0) is 16.3 Å². The van der Waals surface area contributed by atoms with E-state index in [1.54, 1.807) is 0 Å². The molecule has 0 N–H and O–H groups in total. The first-order valence-corrected chi connectivity index (χ1v) is 7.79. The highest BCUT2D eigenvalue weighted by atomic mass is 28.3. The van der Waals surface area contributed by atoms with Crippen molar-refractivity contribution in [2.75, 3.05) is 6.61 Å². The Hall–Kier alpha value is -1.38. The van der Waals surface area contributed by atoms with Crippen molar-refractivity contribution in [3.63, 3.8) is 0 Å². The first kappa shape index (κ1) is 13.1. The number of benzene rings is 2. The lowest BCUT2D eigenvalue weighted by Crippen LogP contribution is -2.45. The minimum atomic E-state index is -1.09. The molecule has 2 heteroatoms. The van der Waals surface area contributed by atoms with Crippen molar-refractivity contribution in [2.45, 2.75) is 13.8 Å². The Morgan fingerprint density at radius 3 is 1.67 bits per heavy atom. The van der Waals surface area contributed by atoms with Gasteiger partial charge in [-0.1, -0.05) is 74.5 Å². The summed E-state index contributed by atoms with van der Waals surface area (Å²) in [5.41, 5.74) is 0. The van der Waals surface area contributed by atoms with Crippen molar-refractivity contribution in [3.05, 3.63) is 60.7 Å². The Labute approximate surface area is 111 Å². The molecular weight excluding hydrogens is 236 g/mol. The molecular formula is C16H19OSi. The SMILES string of the molecule is CC(C)CO[Si](c1ccccc1)c1ccccc1. The third-order valence-corrected chi connectivity index (χ3v) is 4.80. The molecule has 2 aromatic rings. The summed E-state index contributed by atoms with van der Waals surface area (Å²) in [6.07, 6.45) is 0. The van der Waals surface area contributed by atoms with Gasteiger partial charge in [0.05, 0.1) is 0 Å². The number of hydrogen-bond donors (Lipinski definition) is 0. The summed E-state index contributed by atoms with van der Waals surface area (Å²) >= 11 is 0. The molecule has 0 fully saturated rings. The van der Waals surface area contributed by atoms with E-state index < -0.39 is 9.04 Å². The molecule has 0 heterocycles. The second-order valence-electron chi connectivity index (χ2n) is 4.77. The fraction of sp³-hybridized carbons (Fsp3) is 0.250. The van der Waals surface area contributed by atoms with Crippen LogP contribution in [0.25, 0.3) is 0 Å². The molecule has 1 radical (unpaired) electrons. The highest BCUT2D eigenvalue weighted by Crippen LogP contribution is 1.99. The zero-order valence-corrected chi connectivity index (χ0v) is 12.0. The van der Waals surface area contributed by atoms with E-state index in [1.165, 1.54) is 10.4 Å². The summed E-state index contributed by atoms with van der Waals surface area (Å²) in [4.78, 5) is 0. The van der Waals surface area contributed by atoms with E-state index in [0.29, 0.717) is 5.92 Å². The Kier molecular flexibility index (Phi) is 4.73. The van der Waals surface area contributed by atoms with Crippen molar-refractivity contribution in [1.29, 1.82) is 0 Å². The minimum Gasteiger partial charge on any atom is -0.407 e. The number of hydrogen-bond acceptors (Lipinski definition) is 1. The maximum Gasteiger partial charge on any atom is 0.282 e. The summed E-state index contributed by atoms with van der Waals surface area (Å²) in [5, 5.41) is 2.63. The van der Waals surface area contributed by atoms with E-state index in [9.17, 15) is 0 Å². The molecule has 0 aliphatic heterocycles. The largest absolute Gasteiger partial charge is 0.407 e. The van der Waals surface area contributed by atoms with Gasteiger partial charge in [-0.15, -0.1) is 0 Å². The van der Waals surface area contributed by atoms with Crippen LogP contribution in [-0.4, -0.2) is 15.6 Å². The monoisotopic (exact) mass is 255 g/mol. The van der Waals surface area contributed by atoms with Gasteiger partial charge >= 0.3 is 0 Å². The average molecular weight is 255 g/mol. The van der Waals surface area contributed by atoms with Crippen LogP contribution in [0, 0.1) is 5.92 Å². The van der Waals surface area contributed by atoms with Crippen LogP contribution in [0.1, 0.15) is 13.8 Å². The predicted octanol–water partition coefficient (Wildman–Crippen LogP) is 2.46. The third kappa shape index (κ3) is 3.55. The summed E-state index contributed by atoms with van der Waals surface area (Å²) in [7, 11) is -1.09. The summed E-state index contributed by atoms with van der Waals surface area (Å²) in [5.74, 6) is 0.567. The molecule has 0 saturated carbocycles. The highest BCUT2D eigenvalue weighted by molar-refractivity contribution is 6.80. The van der Waals surface area contributed by atoms with Crippen molar-refractivity contribution in [1.82, 2.24) is 0 Å². The second kappa shape index (κ2) is 6.52. The fourth-order valence-electron chi connectivity index (χ4n) is 1.76. The second-order valence-corrected chi connectivity index (χ2v) is 6.87. The third-order valence-electron chi connectivity index (χ3n) is 2.63. The zero-order valence-electron chi connectivity index (χ0n) is 11.0. The van der Waals surface area contributed by atoms with Crippen molar-refractivity contribution < 1.29 is 4.43 Å². The number of rotatable bonds is 5. The molecule has 2 aromatic carbocycles. The van der Waals surface area contributed by atoms with Gasteiger partial charge in [-0.3, -0.25) is 0 Å². The van der Waals surface area contributed by atoms with Crippen LogP contribution in [0.5, 0.6) is 0 Å². The zero-order chi connectivity index (χ0) is 12.8. The Balaban J connectivity index is 2.24. The molecule has 0 saturated heterocycles. The first-order chi connectivity index (χ1) is 8.77. The molecule has 0 aliphatic rings. The van der Waals surface area contributed by atoms with Crippen LogP contribution in [0.2, 0.25) is 0 Å². The van der Waals surface area contributed by atoms with Gasteiger partial charge in [-0.25, -0.2) is 0 Å². The standard InChI is InChI=1S/C16H19OSi/c1-14(2)13-17-18(15-9-5-3-6-10-15)16-11-7-4-8-12-16/h3-12,14H,13H2,1-2H3. The molecule has 18 heavy (non-hydrogen) atoms. The van der Waals surface area contributed by atoms with E-state index >= 15 is 0 Å². The van der Waals surface area contributed by atoms with Crippen molar-refractivity contribution in [2.24, 2.45) is 5.92 Å². The molecule has 0 atom stereocenters. The predicted molar refractivity (Wildman–Crippen MR) is 78.7 cm³/mol. The van der Waals surface area contributed by atoms with Gasteiger partial charge in [0.25, 0.3) is 9.04 Å². The Bertz CT molecular complexity index is 414. The maximum atomic E-state index is 6.18. The summed E-state index contributed by atoms with van der Waals surface area (Å²) in [6, 6.07) is 21.1. The van der Waals surface area contributed by atoms with E-state index in [1.807, 2.05) is 0 Å². The Morgan fingerprint density at radius 1 is 0.833 bits per heavy atom. The van der Waals surface area contributed by atoms with Crippen LogP contribution in [0.3, 0.4) is 0 Å². The first-order valence-electron chi connectivity index (χ1n) is 6.38. The normalized spacial score (nSPS) is 11.1. The van der Waals surface area contributed by atoms with Crippen LogP contribution < -0.4 is 10.4 Å². The maximum absolute atomic E-state index is 6.18. The van der Waals surface area contributed by atoms with Crippen molar-refractivity contribution in [3.8, 4) is 0 Å². The van der Waals surface area contributed by atoms with Crippen LogP contribution >= 0.6 is 0 Å². The lowest BCUT2D eigenvalue weighted by Gasteiger charge is -2.17. The van der Waals surface area contributed by atoms with E-state index in [4.69, 9.17) is 4.43 Å². The molecule has 2 rings (SSSR count). The highest BCUT2D eigenvalue weighted by Gasteiger charge is 2.18. The average Bonchev–Trinajstić information content (AvgIpc) is 2.41. The van der Waals surface area contributed by atoms with E-state index in [-0.39, 0.29) is 0 Å². The Morgan fingerprint density at radius 2 is 1.28 bits per heavy atom. The lowest BCUT2D eigenvalue weighted by molar-refractivity contribution is 0.282. The minimum absolute atomic E-state index is 0.567. The molecule has 0 amide bonds. The van der Waals surface area contributed by atoms with Crippen LogP contribution in [0.4, 0.5) is 0 Å². The molecule has 1 nitrogen and oxygen atoms in total. The van der Waals surface area contributed by atoms with Crippen molar-refractivity contribution >= 4 is 19.4 Å². The van der Waals surface area contributed by atoms with Gasteiger partial charge < -0.3 is 4.43 Å². The van der Waals surface area contributed by atoms with Gasteiger partial charge in [0, 0.05) is 6.61 Å². The smallest absolute Gasteiger partial charge is 0.282 e.